The molecule has 0 saturated heterocycles. The average Bonchev–Trinajstić information content (AvgIpc) is 3.39. The van der Waals surface area contributed by atoms with Gasteiger partial charge in [0.2, 0.25) is 0 Å². The minimum atomic E-state index is -0.173. The highest BCUT2D eigenvalue weighted by molar-refractivity contribution is 5.79. The number of para-hydroxylation sites is 1. The van der Waals surface area contributed by atoms with Gasteiger partial charge in [-0.25, -0.2) is 4.98 Å². The van der Waals surface area contributed by atoms with Crippen molar-refractivity contribution in [3.05, 3.63) is 130 Å². The van der Waals surface area contributed by atoms with Crippen molar-refractivity contribution in [2.24, 2.45) is 7.05 Å². The van der Waals surface area contributed by atoms with E-state index < -0.39 is 0 Å². The summed E-state index contributed by atoms with van der Waals surface area (Å²) in [6, 6.07) is 33.0. The summed E-state index contributed by atoms with van der Waals surface area (Å²) < 4.78 is 2.35. The van der Waals surface area contributed by atoms with Crippen molar-refractivity contribution in [3.8, 4) is 22.5 Å². The van der Waals surface area contributed by atoms with Crippen LogP contribution in [0.3, 0.4) is 0 Å². The summed E-state index contributed by atoms with van der Waals surface area (Å²) >= 11 is 0. The van der Waals surface area contributed by atoms with Gasteiger partial charge in [0.25, 0.3) is 0 Å². The van der Waals surface area contributed by atoms with Gasteiger partial charge in [0.05, 0.1) is 11.4 Å². The van der Waals surface area contributed by atoms with Crippen LogP contribution < -0.4 is 5.32 Å². The molecule has 246 valence electrons. The second kappa shape index (κ2) is 14.3. The van der Waals surface area contributed by atoms with Crippen LogP contribution in [-0.2, 0) is 7.05 Å². The van der Waals surface area contributed by atoms with Gasteiger partial charge in [-0.05, 0) is 63.0 Å². The molecule has 5 aromatic rings. The summed E-state index contributed by atoms with van der Waals surface area (Å²) in [5.74, 6) is 2.90. The zero-order chi connectivity index (χ0) is 34.0. The first-order valence-electron chi connectivity index (χ1n) is 17.6. The van der Waals surface area contributed by atoms with Gasteiger partial charge in [0.1, 0.15) is 11.9 Å². The monoisotopic (exact) mass is 625 g/mol. The van der Waals surface area contributed by atoms with Crippen molar-refractivity contribution in [2.45, 2.75) is 105 Å². The topological polar surface area (TPSA) is 29.9 Å². The lowest BCUT2D eigenvalue weighted by Crippen LogP contribution is -2.23. The highest BCUT2D eigenvalue weighted by atomic mass is 15.1. The first kappa shape index (κ1) is 34.2. The standard InChI is InChI=1S/C44H55N3/c1-27(2)34-25-37(30(7)8)39(38(26-34)31(9)10)42(45-41-35(28(3)4)23-18-24-36(41)29(5)6)44-46-40(32-19-14-12-15-20-32)43(47(44)11)33-21-16-13-17-22-33/h12-31,42,45H,1-11H3. The van der Waals surface area contributed by atoms with Crippen molar-refractivity contribution in [2.75, 3.05) is 5.32 Å². The molecule has 1 N–H and O–H groups in total. The first-order valence-corrected chi connectivity index (χ1v) is 17.6. The van der Waals surface area contributed by atoms with Gasteiger partial charge in [-0.3, -0.25) is 0 Å². The van der Waals surface area contributed by atoms with Crippen LogP contribution in [0.15, 0.2) is 91.0 Å². The van der Waals surface area contributed by atoms with E-state index in [1.165, 1.54) is 44.6 Å². The van der Waals surface area contributed by atoms with E-state index in [1.54, 1.807) is 0 Å². The molecule has 0 bridgehead atoms. The number of hydrogen-bond donors (Lipinski definition) is 1. The third-order valence-corrected chi connectivity index (χ3v) is 9.61. The van der Waals surface area contributed by atoms with E-state index in [0.29, 0.717) is 29.6 Å². The van der Waals surface area contributed by atoms with Crippen molar-refractivity contribution in [1.82, 2.24) is 9.55 Å². The van der Waals surface area contributed by atoms with Gasteiger partial charge in [0, 0.05) is 23.9 Å². The van der Waals surface area contributed by atoms with Crippen LogP contribution in [0.5, 0.6) is 0 Å². The van der Waals surface area contributed by atoms with Crippen LogP contribution in [-0.4, -0.2) is 9.55 Å². The maximum absolute atomic E-state index is 5.64. The van der Waals surface area contributed by atoms with E-state index in [9.17, 15) is 0 Å². The molecule has 47 heavy (non-hydrogen) atoms. The largest absolute Gasteiger partial charge is 0.371 e. The Morgan fingerprint density at radius 1 is 0.532 bits per heavy atom. The average molecular weight is 626 g/mol. The minimum absolute atomic E-state index is 0.173. The summed E-state index contributed by atoms with van der Waals surface area (Å²) in [6.07, 6.45) is 0. The lowest BCUT2D eigenvalue weighted by Gasteiger charge is -2.32. The number of aromatic nitrogens is 2. The maximum atomic E-state index is 5.64. The Bertz CT molecular complexity index is 1730. The Hall–Kier alpha value is -4.11. The van der Waals surface area contributed by atoms with E-state index in [4.69, 9.17) is 4.98 Å². The maximum Gasteiger partial charge on any atom is 0.136 e. The number of hydrogen-bond acceptors (Lipinski definition) is 2. The fraction of sp³-hybridized carbons (Fsp3) is 0.386. The molecule has 3 heteroatoms. The van der Waals surface area contributed by atoms with E-state index in [1.807, 2.05) is 0 Å². The van der Waals surface area contributed by atoms with Gasteiger partial charge in [0.15, 0.2) is 0 Å². The number of benzene rings is 4. The van der Waals surface area contributed by atoms with Crippen molar-refractivity contribution >= 4 is 5.69 Å². The molecule has 0 fully saturated rings. The van der Waals surface area contributed by atoms with Crippen LogP contribution in [0.1, 0.15) is 144 Å². The Kier molecular flexibility index (Phi) is 10.4. The molecule has 0 amide bonds. The van der Waals surface area contributed by atoms with Crippen LogP contribution in [0.25, 0.3) is 22.5 Å². The quantitative estimate of drug-likeness (QED) is 0.158. The normalized spacial score (nSPS) is 12.6. The molecule has 1 heterocycles. The summed E-state index contributed by atoms with van der Waals surface area (Å²) in [5.41, 5.74) is 13.9. The third-order valence-electron chi connectivity index (χ3n) is 9.61. The van der Waals surface area contributed by atoms with Gasteiger partial charge < -0.3 is 9.88 Å². The summed E-state index contributed by atoms with van der Waals surface area (Å²) in [7, 11) is 2.20. The highest BCUT2D eigenvalue weighted by Gasteiger charge is 2.32. The second-order valence-electron chi connectivity index (χ2n) is 14.7. The molecule has 0 radical (unpaired) electrons. The van der Waals surface area contributed by atoms with Crippen LogP contribution in [0.4, 0.5) is 5.69 Å². The molecule has 0 saturated carbocycles. The fourth-order valence-electron chi connectivity index (χ4n) is 6.97. The Morgan fingerprint density at radius 3 is 1.45 bits per heavy atom. The van der Waals surface area contributed by atoms with Gasteiger partial charge in [-0.15, -0.1) is 0 Å². The number of nitrogens with zero attached hydrogens (tertiary/aromatic N) is 2. The third kappa shape index (κ3) is 6.96. The molecule has 3 nitrogen and oxygen atoms in total. The molecule has 0 aliphatic carbocycles. The first-order chi connectivity index (χ1) is 22.4. The molecule has 0 spiro atoms. The van der Waals surface area contributed by atoms with E-state index in [2.05, 4.69) is 177 Å². The van der Waals surface area contributed by atoms with Crippen molar-refractivity contribution in [3.63, 3.8) is 0 Å². The van der Waals surface area contributed by atoms with Crippen LogP contribution >= 0.6 is 0 Å². The second-order valence-corrected chi connectivity index (χ2v) is 14.7. The Labute approximate surface area is 284 Å². The predicted molar refractivity (Wildman–Crippen MR) is 203 cm³/mol. The molecule has 1 atom stereocenters. The van der Waals surface area contributed by atoms with Crippen molar-refractivity contribution < 1.29 is 0 Å². The molecular weight excluding hydrogens is 571 g/mol. The number of imidazole rings is 1. The summed E-state index contributed by atoms with van der Waals surface area (Å²) in [4.78, 5) is 5.64. The Balaban J connectivity index is 1.91. The number of anilines is 1. The van der Waals surface area contributed by atoms with Gasteiger partial charge in [-0.1, -0.05) is 160 Å². The van der Waals surface area contributed by atoms with E-state index >= 15 is 0 Å². The predicted octanol–water partition coefficient (Wildman–Crippen LogP) is 12.6. The van der Waals surface area contributed by atoms with E-state index in [-0.39, 0.29) is 6.04 Å². The molecule has 0 aliphatic heterocycles. The van der Waals surface area contributed by atoms with Gasteiger partial charge >= 0.3 is 0 Å². The molecule has 4 aromatic carbocycles. The van der Waals surface area contributed by atoms with Crippen molar-refractivity contribution in [1.29, 1.82) is 0 Å². The number of rotatable bonds is 11. The molecule has 1 aromatic heterocycles. The fourth-order valence-corrected chi connectivity index (χ4v) is 6.97. The van der Waals surface area contributed by atoms with Crippen LogP contribution in [0.2, 0.25) is 0 Å². The molecule has 5 rings (SSSR count). The summed E-state index contributed by atoms with van der Waals surface area (Å²) in [6.45, 7) is 23.2. The summed E-state index contributed by atoms with van der Waals surface area (Å²) in [5, 5.41) is 4.25. The Morgan fingerprint density at radius 2 is 1.00 bits per heavy atom. The zero-order valence-electron chi connectivity index (χ0n) is 30.5. The van der Waals surface area contributed by atoms with Crippen LogP contribution in [0, 0.1) is 0 Å². The zero-order valence-corrected chi connectivity index (χ0v) is 30.5. The lowest BCUT2D eigenvalue weighted by atomic mass is 9.81. The van der Waals surface area contributed by atoms with E-state index in [0.717, 1.165) is 22.8 Å². The van der Waals surface area contributed by atoms with Gasteiger partial charge in [-0.2, -0.15) is 0 Å². The number of nitrogens with one attached hydrogen (secondary N) is 1. The molecular formula is C44H55N3. The smallest absolute Gasteiger partial charge is 0.136 e. The SMILES string of the molecule is CC(C)c1cc(C(C)C)c(C(Nc2c(C(C)C)cccc2C(C)C)c2nc(-c3ccccc3)c(-c3ccccc3)n2C)c(C(C)C)c1. The molecule has 1 unspecified atom stereocenters. The highest BCUT2D eigenvalue weighted by Crippen LogP contribution is 2.44. The lowest BCUT2D eigenvalue weighted by molar-refractivity contribution is 0.702. The minimum Gasteiger partial charge on any atom is -0.371 e. The molecule has 0 aliphatic rings.